The van der Waals surface area contributed by atoms with Crippen LogP contribution in [-0.4, -0.2) is 23.5 Å². The molecule has 0 aromatic rings. The smallest absolute Gasteiger partial charge is 0.0870 e. The monoisotopic (exact) mass is 234 g/mol. The van der Waals surface area contributed by atoms with Crippen LogP contribution in [0.4, 0.5) is 0 Å². The molecule has 0 heterocycles. The lowest BCUT2D eigenvalue weighted by molar-refractivity contribution is 0.100. The van der Waals surface area contributed by atoms with Gasteiger partial charge in [-0.3, -0.25) is 4.90 Å². The molecule has 2 rings (SSSR count). The van der Waals surface area contributed by atoms with Crippen LogP contribution in [0.3, 0.4) is 0 Å². The van der Waals surface area contributed by atoms with Crippen molar-refractivity contribution in [3.05, 3.63) is 0 Å². The van der Waals surface area contributed by atoms with E-state index in [9.17, 15) is 0 Å². The number of rotatable bonds is 4. The van der Waals surface area contributed by atoms with Crippen molar-refractivity contribution in [1.82, 2.24) is 4.90 Å². The second-order valence-electron chi connectivity index (χ2n) is 5.86. The fraction of sp³-hybridized carbons (Fsp3) is 0.933. The van der Waals surface area contributed by atoms with Crippen LogP contribution in [0, 0.1) is 17.2 Å². The second-order valence-corrected chi connectivity index (χ2v) is 5.86. The molecule has 0 spiro atoms. The van der Waals surface area contributed by atoms with Crippen LogP contribution < -0.4 is 0 Å². The summed E-state index contributed by atoms with van der Waals surface area (Å²) in [5.74, 6) is 0.913. The minimum Gasteiger partial charge on any atom is -0.285 e. The molecule has 2 nitrogen and oxygen atoms in total. The van der Waals surface area contributed by atoms with E-state index in [2.05, 4.69) is 17.9 Å². The van der Waals surface area contributed by atoms with Gasteiger partial charge in [0.15, 0.2) is 0 Å². The van der Waals surface area contributed by atoms with Gasteiger partial charge in [-0.25, -0.2) is 0 Å². The molecule has 0 N–H and O–H groups in total. The predicted octanol–water partition coefficient (Wildman–Crippen LogP) is 3.72. The number of hydrogen-bond acceptors (Lipinski definition) is 2. The quantitative estimate of drug-likeness (QED) is 0.693. The highest BCUT2D eigenvalue weighted by Gasteiger charge is 2.31. The molecule has 96 valence electrons. The Morgan fingerprint density at radius 2 is 1.76 bits per heavy atom. The molecule has 2 fully saturated rings. The van der Waals surface area contributed by atoms with Gasteiger partial charge in [0.05, 0.1) is 12.6 Å². The van der Waals surface area contributed by atoms with Crippen LogP contribution in [0.25, 0.3) is 0 Å². The van der Waals surface area contributed by atoms with Gasteiger partial charge in [-0.15, -0.1) is 0 Å². The Bertz CT molecular complexity index is 263. The topological polar surface area (TPSA) is 27.0 Å². The third-order valence-electron chi connectivity index (χ3n) is 4.85. The van der Waals surface area contributed by atoms with Gasteiger partial charge in [0.25, 0.3) is 0 Å². The number of nitriles is 1. The summed E-state index contributed by atoms with van der Waals surface area (Å²) in [4.78, 5) is 2.55. The lowest BCUT2D eigenvalue weighted by Gasteiger charge is -2.39. The first-order chi connectivity index (χ1) is 8.35. The summed E-state index contributed by atoms with van der Waals surface area (Å²) in [6.45, 7) is 2.98. The maximum atomic E-state index is 9.06. The second kappa shape index (κ2) is 6.40. The first-order valence-corrected chi connectivity index (χ1v) is 7.47. The van der Waals surface area contributed by atoms with Gasteiger partial charge in [0.2, 0.25) is 0 Å². The molecule has 2 unspecified atom stereocenters. The first kappa shape index (κ1) is 12.9. The Labute approximate surface area is 106 Å². The van der Waals surface area contributed by atoms with E-state index in [0.717, 1.165) is 12.0 Å². The number of hydrogen-bond donors (Lipinski definition) is 0. The van der Waals surface area contributed by atoms with E-state index in [-0.39, 0.29) is 0 Å². The van der Waals surface area contributed by atoms with E-state index in [1.54, 1.807) is 0 Å². The molecule has 0 bridgehead atoms. The van der Waals surface area contributed by atoms with E-state index >= 15 is 0 Å². The minimum absolute atomic E-state index is 0.658. The lowest BCUT2D eigenvalue weighted by atomic mass is 9.83. The Morgan fingerprint density at radius 1 is 1.06 bits per heavy atom. The third kappa shape index (κ3) is 3.22. The molecule has 0 aromatic carbocycles. The Morgan fingerprint density at radius 3 is 2.41 bits per heavy atom. The lowest BCUT2D eigenvalue weighted by Crippen LogP contribution is -2.44. The van der Waals surface area contributed by atoms with Gasteiger partial charge in [-0.1, -0.05) is 39.0 Å². The van der Waals surface area contributed by atoms with E-state index in [1.165, 1.54) is 57.8 Å². The minimum atomic E-state index is 0.658. The molecule has 2 aliphatic carbocycles. The standard InChI is InChI=1S/C15H26N2/c1-2-13-6-5-9-15(12-13)17(11-10-16)14-7-3-4-8-14/h13-15H,2-9,11-12H2,1H3. The molecule has 2 saturated carbocycles. The Balaban J connectivity index is 1.96. The maximum absolute atomic E-state index is 9.06. The molecule has 0 aliphatic heterocycles. The summed E-state index contributed by atoms with van der Waals surface area (Å²) in [7, 11) is 0. The van der Waals surface area contributed by atoms with E-state index < -0.39 is 0 Å². The van der Waals surface area contributed by atoms with Gasteiger partial charge in [0.1, 0.15) is 0 Å². The SMILES string of the molecule is CCC1CCCC(N(CC#N)C2CCCC2)C1. The van der Waals surface area contributed by atoms with Crippen LogP contribution in [0.1, 0.15) is 64.7 Å². The molecule has 0 radical (unpaired) electrons. The molecule has 2 atom stereocenters. The summed E-state index contributed by atoms with van der Waals surface area (Å²) < 4.78 is 0. The molecule has 0 saturated heterocycles. The summed E-state index contributed by atoms with van der Waals surface area (Å²) in [6.07, 6.45) is 12.2. The normalized spacial score (nSPS) is 30.6. The average molecular weight is 234 g/mol. The van der Waals surface area contributed by atoms with Crippen molar-refractivity contribution < 1.29 is 0 Å². The summed E-state index contributed by atoms with van der Waals surface area (Å²) in [5, 5.41) is 9.06. The molecule has 0 aromatic heterocycles. The van der Waals surface area contributed by atoms with E-state index in [1.807, 2.05) is 0 Å². The van der Waals surface area contributed by atoms with Crippen LogP contribution in [0.15, 0.2) is 0 Å². The van der Waals surface area contributed by atoms with Gasteiger partial charge in [-0.05, 0) is 31.6 Å². The van der Waals surface area contributed by atoms with Crippen LogP contribution in [-0.2, 0) is 0 Å². The van der Waals surface area contributed by atoms with Crippen LogP contribution in [0.2, 0.25) is 0 Å². The van der Waals surface area contributed by atoms with Crippen molar-refractivity contribution in [3.63, 3.8) is 0 Å². The molecular weight excluding hydrogens is 208 g/mol. The average Bonchev–Trinajstić information content (AvgIpc) is 2.89. The van der Waals surface area contributed by atoms with E-state index in [0.29, 0.717) is 12.6 Å². The highest BCUT2D eigenvalue weighted by Crippen LogP contribution is 2.33. The summed E-state index contributed by atoms with van der Waals surface area (Å²) in [5.41, 5.74) is 0. The molecule has 0 amide bonds. The van der Waals surface area contributed by atoms with Crippen molar-refractivity contribution >= 4 is 0 Å². The predicted molar refractivity (Wildman–Crippen MR) is 70.6 cm³/mol. The van der Waals surface area contributed by atoms with Crippen molar-refractivity contribution in [2.24, 2.45) is 5.92 Å². The third-order valence-corrected chi connectivity index (χ3v) is 4.85. The summed E-state index contributed by atoms with van der Waals surface area (Å²) >= 11 is 0. The fourth-order valence-electron chi connectivity index (χ4n) is 3.81. The fourth-order valence-corrected chi connectivity index (χ4v) is 3.81. The largest absolute Gasteiger partial charge is 0.285 e. The zero-order valence-electron chi connectivity index (χ0n) is 11.2. The zero-order valence-corrected chi connectivity index (χ0v) is 11.2. The Hall–Kier alpha value is -0.550. The van der Waals surface area contributed by atoms with E-state index in [4.69, 9.17) is 5.26 Å². The Kier molecular flexibility index (Phi) is 4.86. The van der Waals surface area contributed by atoms with Crippen LogP contribution >= 0.6 is 0 Å². The van der Waals surface area contributed by atoms with Crippen molar-refractivity contribution in [2.75, 3.05) is 6.54 Å². The van der Waals surface area contributed by atoms with Crippen molar-refractivity contribution in [3.8, 4) is 6.07 Å². The molecule has 2 aliphatic rings. The number of nitrogens with zero attached hydrogens (tertiary/aromatic N) is 2. The summed E-state index contributed by atoms with van der Waals surface area (Å²) in [6, 6.07) is 3.82. The van der Waals surface area contributed by atoms with Crippen LogP contribution in [0.5, 0.6) is 0 Å². The van der Waals surface area contributed by atoms with Crippen molar-refractivity contribution in [1.29, 1.82) is 5.26 Å². The first-order valence-electron chi connectivity index (χ1n) is 7.47. The van der Waals surface area contributed by atoms with Gasteiger partial charge < -0.3 is 0 Å². The van der Waals surface area contributed by atoms with Gasteiger partial charge in [0, 0.05) is 12.1 Å². The zero-order chi connectivity index (χ0) is 12.1. The molecular formula is C15H26N2. The maximum Gasteiger partial charge on any atom is 0.0870 e. The molecule has 17 heavy (non-hydrogen) atoms. The highest BCUT2D eigenvalue weighted by atomic mass is 15.2. The van der Waals surface area contributed by atoms with Crippen molar-refractivity contribution in [2.45, 2.75) is 76.8 Å². The van der Waals surface area contributed by atoms with Gasteiger partial charge >= 0.3 is 0 Å². The van der Waals surface area contributed by atoms with Gasteiger partial charge in [-0.2, -0.15) is 5.26 Å². The molecule has 2 heteroatoms. The highest BCUT2D eigenvalue weighted by molar-refractivity contribution is 4.91.